The Kier molecular flexibility index (Phi) is 9.02. The summed E-state index contributed by atoms with van der Waals surface area (Å²) in [6.07, 6.45) is 0.832. The monoisotopic (exact) mass is 439 g/mol. The number of benzene rings is 2. The van der Waals surface area contributed by atoms with Crippen molar-refractivity contribution in [2.75, 3.05) is 6.54 Å². The smallest absolute Gasteiger partial charge is 0.308 e. The van der Waals surface area contributed by atoms with E-state index in [9.17, 15) is 9.59 Å². The molecule has 0 saturated heterocycles. The molecule has 0 heterocycles. The maximum Gasteiger partial charge on any atom is 0.308 e. The normalized spacial score (nSPS) is 13.3. The van der Waals surface area contributed by atoms with Crippen molar-refractivity contribution in [1.82, 2.24) is 4.90 Å². The molecule has 0 aliphatic rings. The SMILES string of the molecule is CC(=O)OCc1ccc(OC(C)=O)c([C@](C)(CCN(C(C)C)C(C)C)c2ccccc2)c1. The fourth-order valence-corrected chi connectivity index (χ4v) is 4.23. The second kappa shape index (κ2) is 11.3. The second-order valence-corrected chi connectivity index (χ2v) is 9.08. The summed E-state index contributed by atoms with van der Waals surface area (Å²) < 4.78 is 10.9. The molecule has 174 valence electrons. The Hall–Kier alpha value is -2.66. The van der Waals surface area contributed by atoms with Crippen LogP contribution in [0.3, 0.4) is 0 Å². The average molecular weight is 440 g/mol. The van der Waals surface area contributed by atoms with Crippen molar-refractivity contribution < 1.29 is 19.1 Å². The molecule has 5 nitrogen and oxygen atoms in total. The molecule has 0 unspecified atom stereocenters. The summed E-state index contributed by atoms with van der Waals surface area (Å²) in [6, 6.07) is 16.8. The van der Waals surface area contributed by atoms with Gasteiger partial charge in [-0.15, -0.1) is 0 Å². The molecule has 2 rings (SSSR count). The van der Waals surface area contributed by atoms with Gasteiger partial charge in [-0.3, -0.25) is 14.5 Å². The molecule has 32 heavy (non-hydrogen) atoms. The van der Waals surface area contributed by atoms with Gasteiger partial charge in [0.1, 0.15) is 12.4 Å². The number of rotatable bonds is 10. The predicted octanol–water partition coefficient (Wildman–Crippen LogP) is 5.49. The zero-order chi connectivity index (χ0) is 23.9. The van der Waals surface area contributed by atoms with Crippen molar-refractivity contribution in [1.29, 1.82) is 0 Å². The van der Waals surface area contributed by atoms with Gasteiger partial charge >= 0.3 is 11.9 Å². The molecule has 2 aromatic carbocycles. The summed E-state index contributed by atoms with van der Waals surface area (Å²) >= 11 is 0. The van der Waals surface area contributed by atoms with Gasteiger partial charge in [0.05, 0.1) is 0 Å². The van der Waals surface area contributed by atoms with Crippen LogP contribution in [-0.2, 0) is 26.3 Å². The lowest BCUT2D eigenvalue weighted by molar-refractivity contribution is -0.142. The van der Waals surface area contributed by atoms with E-state index in [1.165, 1.54) is 13.8 Å². The summed E-state index contributed by atoms with van der Waals surface area (Å²) in [4.78, 5) is 25.7. The van der Waals surface area contributed by atoms with Crippen molar-refractivity contribution in [3.63, 3.8) is 0 Å². The highest BCUT2D eigenvalue weighted by molar-refractivity contribution is 5.70. The molecule has 0 spiro atoms. The van der Waals surface area contributed by atoms with Crippen LogP contribution in [0.4, 0.5) is 0 Å². The molecule has 0 bridgehead atoms. The molecule has 5 heteroatoms. The molecule has 0 aliphatic heterocycles. The third kappa shape index (κ3) is 6.67. The lowest BCUT2D eigenvalue weighted by atomic mass is 9.72. The first kappa shape index (κ1) is 25.6. The van der Waals surface area contributed by atoms with E-state index < -0.39 is 5.41 Å². The Morgan fingerprint density at radius 1 is 0.938 bits per heavy atom. The van der Waals surface area contributed by atoms with Crippen LogP contribution in [0, 0.1) is 0 Å². The van der Waals surface area contributed by atoms with Crippen molar-refractivity contribution in [3.05, 3.63) is 65.2 Å². The van der Waals surface area contributed by atoms with Gasteiger partial charge in [0.15, 0.2) is 0 Å². The van der Waals surface area contributed by atoms with Gasteiger partial charge < -0.3 is 9.47 Å². The Morgan fingerprint density at radius 3 is 2.09 bits per heavy atom. The highest BCUT2D eigenvalue weighted by atomic mass is 16.5. The van der Waals surface area contributed by atoms with Gasteiger partial charge in [-0.1, -0.05) is 43.3 Å². The Labute approximate surface area is 192 Å². The van der Waals surface area contributed by atoms with Crippen molar-refractivity contribution in [2.45, 2.75) is 79.0 Å². The van der Waals surface area contributed by atoms with Crippen molar-refractivity contribution >= 4 is 11.9 Å². The van der Waals surface area contributed by atoms with Gasteiger partial charge in [-0.05, 0) is 63.9 Å². The van der Waals surface area contributed by atoms with E-state index in [1.807, 2.05) is 30.3 Å². The molecule has 0 aliphatic carbocycles. The number of hydrogen-bond acceptors (Lipinski definition) is 5. The molecule has 0 fully saturated rings. The summed E-state index contributed by atoms with van der Waals surface area (Å²) in [5, 5.41) is 0. The van der Waals surface area contributed by atoms with Crippen LogP contribution < -0.4 is 4.74 Å². The molecule has 0 radical (unpaired) electrons. The summed E-state index contributed by atoms with van der Waals surface area (Å²) in [7, 11) is 0. The highest BCUT2D eigenvalue weighted by Crippen LogP contribution is 2.41. The maximum absolute atomic E-state index is 11.9. The average Bonchev–Trinajstić information content (AvgIpc) is 2.72. The van der Waals surface area contributed by atoms with E-state index in [-0.39, 0.29) is 18.5 Å². The lowest BCUT2D eigenvalue weighted by Gasteiger charge is -2.37. The standard InChI is InChI=1S/C27H37NO4/c1-19(2)28(20(3)4)16-15-27(7,24-11-9-8-10-12-24)25-17-23(18-31-21(5)29)13-14-26(25)32-22(6)30/h8-14,17,19-20H,15-16,18H2,1-7H3/t27-/m1/s1. The molecule has 0 saturated carbocycles. The van der Waals surface area contributed by atoms with Gasteiger partial charge in [0.2, 0.25) is 0 Å². The molecular weight excluding hydrogens is 402 g/mol. The minimum atomic E-state index is -0.416. The number of ether oxygens (including phenoxy) is 2. The van der Waals surface area contributed by atoms with Crippen LogP contribution in [-0.4, -0.2) is 35.5 Å². The van der Waals surface area contributed by atoms with Crippen molar-refractivity contribution in [3.8, 4) is 5.75 Å². The Morgan fingerprint density at radius 2 is 1.56 bits per heavy atom. The second-order valence-electron chi connectivity index (χ2n) is 9.08. The Balaban J connectivity index is 2.59. The van der Waals surface area contributed by atoms with E-state index in [2.05, 4.69) is 51.7 Å². The minimum absolute atomic E-state index is 0.178. The predicted molar refractivity (Wildman–Crippen MR) is 128 cm³/mol. The zero-order valence-corrected chi connectivity index (χ0v) is 20.5. The topological polar surface area (TPSA) is 55.8 Å². The number of hydrogen-bond donors (Lipinski definition) is 0. The zero-order valence-electron chi connectivity index (χ0n) is 20.5. The molecular formula is C27H37NO4. The molecule has 0 aromatic heterocycles. The van der Waals surface area contributed by atoms with Crippen molar-refractivity contribution in [2.24, 2.45) is 0 Å². The first-order valence-corrected chi connectivity index (χ1v) is 11.3. The third-order valence-electron chi connectivity index (χ3n) is 5.94. The van der Waals surface area contributed by atoms with Gasteiger partial charge in [-0.25, -0.2) is 0 Å². The van der Waals surface area contributed by atoms with E-state index in [0.29, 0.717) is 17.8 Å². The summed E-state index contributed by atoms with van der Waals surface area (Å²) in [5.41, 5.74) is 2.50. The van der Waals surface area contributed by atoms with Gasteiger partial charge in [0, 0.05) is 36.9 Å². The highest BCUT2D eigenvalue weighted by Gasteiger charge is 2.33. The summed E-state index contributed by atoms with van der Waals surface area (Å²) in [5.74, 6) is -0.151. The van der Waals surface area contributed by atoms with Crippen LogP contribution in [0.1, 0.15) is 71.6 Å². The van der Waals surface area contributed by atoms with Gasteiger partial charge in [0.25, 0.3) is 0 Å². The number of carbonyl (C=O) groups excluding carboxylic acids is 2. The maximum atomic E-state index is 11.9. The lowest BCUT2D eigenvalue weighted by Crippen LogP contribution is -2.40. The number of carbonyl (C=O) groups is 2. The quantitative estimate of drug-likeness (QED) is 0.362. The van der Waals surface area contributed by atoms with Crippen LogP contribution >= 0.6 is 0 Å². The fourth-order valence-electron chi connectivity index (χ4n) is 4.23. The Bertz CT molecular complexity index is 899. The van der Waals surface area contributed by atoms with Gasteiger partial charge in [-0.2, -0.15) is 0 Å². The van der Waals surface area contributed by atoms with Crippen LogP contribution in [0.5, 0.6) is 5.75 Å². The summed E-state index contributed by atoms with van der Waals surface area (Å²) in [6.45, 7) is 14.9. The van der Waals surface area contributed by atoms with E-state index in [4.69, 9.17) is 9.47 Å². The van der Waals surface area contributed by atoms with E-state index in [1.54, 1.807) is 6.07 Å². The molecule has 0 N–H and O–H groups in total. The third-order valence-corrected chi connectivity index (χ3v) is 5.94. The molecule has 1 atom stereocenters. The molecule has 2 aromatic rings. The fraction of sp³-hybridized carbons (Fsp3) is 0.481. The number of esters is 2. The van der Waals surface area contributed by atoms with E-state index >= 15 is 0 Å². The first-order chi connectivity index (χ1) is 15.0. The largest absolute Gasteiger partial charge is 0.461 e. The first-order valence-electron chi connectivity index (χ1n) is 11.3. The number of nitrogens with zero attached hydrogens (tertiary/aromatic N) is 1. The van der Waals surface area contributed by atoms with Crippen LogP contribution in [0.25, 0.3) is 0 Å². The van der Waals surface area contributed by atoms with Crippen LogP contribution in [0.15, 0.2) is 48.5 Å². The van der Waals surface area contributed by atoms with Crippen LogP contribution in [0.2, 0.25) is 0 Å². The minimum Gasteiger partial charge on any atom is -0.461 e. The van der Waals surface area contributed by atoms with E-state index in [0.717, 1.165) is 29.7 Å². The molecule has 0 amide bonds.